The zero-order valence-corrected chi connectivity index (χ0v) is 11.2. The molecule has 2 heterocycles. The first-order chi connectivity index (χ1) is 9.24. The van der Waals surface area contributed by atoms with Crippen LogP contribution >= 0.6 is 0 Å². The van der Waals surface area contributed by atoms with Crippen molar-refractivity contribution in [2.45, 2.75) is 45.1 Å². The van der Waals surface area contributed by atoms with Gasteiger partial charge in [0.15, 0.2) is 0 Å². The van der Waals surface area contributed by atoms with Crippen molar-refractivity contribution < 1.29 is 9.21 Å². The number of aromatic nitrogens is 2. The molecule has 0 bridgehead atoms. The van der Waals surface area contributed by atoms with Gasteiger partial charge in [0, 0.05) is 5.92 Å². The van der Waals surface area contributed by atoms with Gasteiger partial charge < -0.3 is 9.73 Å². The second-order valence-corrected chi connectivity index (χ2v) is 5.60. The van der Waals surface area contributed by atoms with E-state index in [1.807, 2.05) is 0 Å². The number of anilines is 1. The van der Waals surface area contributed by atoms with Gasteiger partial charge in [0.25, 0.3) is 0 Å². The summed E-state index contributed by atoms with van der Waals surface area (Å²) in [5, 5.41) is 14.0. The zero-order chi connectivity index (χ0) is 13.2. The van der Waals surface area contributed by atoms with Crippen LogP contribution in [0.5, 0.6) is 0 Å². The Bertz CT molecular complexity index is 453. The number of hydrogen-bond acceptors (Lipinski definition) is 5. The second kappa shape index (κ2) is 5.28. The van der Waals surface area contributed by atoms with Gasteiger partial charge >= 0.3 is 6.01 Å². The summed E-state index contributed by atoms with van der Waals surface area (Å²) in [4.78, 5) is 12.1. The molecule has 0 aromatic carbocycles. The minimum Gasteiger partial charge on any atom is -0.406 e. The number of carbonyl (C=O) groups excluding carboxylic acids is 1. The van der Waals surface area contributed by atoms with Gasteiger partial charge in [-0.15, -0.1) is 5.10 Å². The molecule has 1 aliphatic carbocycles. The lowest BCUT2D eigenvalue weighted by Gasteiger charge is -2.12. The molecule has 0 spiro atoms. The lowest BCUT2D eigenvalue weighted by molar-refractivity contribution is -0.120. The highest BCUT2D eigenvalue weighted by Crippen LogP contribution is 2.32. The van der Waals surface area contributed by atoms with E-state index in [0.29, 0.717) is 11.8 Å². The van der Waals surface area contributed by atoms with E-state index in [-0.39, 0.29) is 23.9 Å². The molecule has 6 heteroatoms. The van der Waals surface area contributed by atoms with Crippen LogP contribution in [0.1, 0.15) is 51.0 Å². The summed E-state index contributed by atoms with van der Waals surface area (Å²) in [6, 6.07) is 0.372. The summed E-state index contributed by atoms with van der Waals surface area (Å²) in [6.45, 7) is 3.10. The maximum absolute atomic E-state index is 12.1. The second-order valence-electron chi connectivity index (χ2n) is 5.60. The molecular weight excluding hydrogens is 244 g/mol. The largest absolute Gasteiger partial charge is 0.406 e. The molecule has 3 rings (SSSR count). The van der Waals surface area contributed by atoms with Crippen molar-refractivity contribution in [3.8, 4) is 0 Å². The molecule has 1 aliphatic heterocycles. The Morgan fingerprint density at radius 2 is 2.21 bits per heavy atom. The van der Waals surface area contributed by atoms with E-state index in [4.69, 9.17) is 4.42 Å². The fourth-order valence-electron chi connectivity index (χ4n) is 3.05. The van der Waals surface area contributed by atoms with Gasteiger partial charge in [0.2, 0.25) is 11.8 Å². The lowest BCUT2D eigenvalue weighted by atomic mass is 9.97. The third-order valence-corrected chi connectivity index (χ3v) is 4.23. The van der Waals surface area contributed by atoms with Crippen LogP contribution in [0.25, 0.3) is 0 Å². The SMILES string of the molecule is CC1CCCC1C(=O)Nc1nnc(C2CCCN2)o1. The first-order valence-electron chi connectivity index (χ1n) is 7.11. The molecule has 1 amide bonds. The van der Waals surface area contributed by atoms with E-state index in [1.54, 1.807) is 0 Å². The average Bonchev–Trinajstić information content (AvgIpc) is 3.07. The molecule has 6 nitrogen and oxygen atoms in total. The van der Waals surface area contributed by atoms with Crippen molar-refractivity contribution in [1.82, 2.24) is 15.5 Å². The first kappa shape index (κ1) is 12.6. The number of carbonyl (C=O) groups is 1. The third kappa shape index (κ3) is 2.63. The molecule has 2 aliphatic rings. The van der Waals surface area contributed by atoms with Gasteiger partial charge in [0.05, 0.1) is 6.04 Å². The molecule has 1 aromatic rings. The summed E-state index contributed by atoms with van der Waals surface area (Å²) >= 11 is 0. The smallest absolute Gasteiger partial charge is 0.322 e. The Balaban J connectivity index is 1.61. The van der Waals surface area contributed by atoms with Crippen molar-refractivity contribution in [3.05, 3.63) is 5.89 Å². The van der Waals surface area contributed by atoms with Crippen LogP contribution < -0.4 is 10.6 Å². The van der Waals surface area contributed by atoms with Crippen LogP contribution in [0.15, 0.2) is 4.42 Å². The predicted octanol–water partition coefficient (Wildman–Crippen LogP) is 1.87. The number of nitrogens with one attached hydrogen (secondary N) is 2. The Morgan fingerprint density at radius 3 is 2.89 bits per heavy atom. The van der Waals surface area contributed by atoms with E-state index in [9.17, 15) is 4.79 Å². The standard InChI is InChI=1S/C13H20N4O2/c1-8-4-2-5-9(8)11(18)15-13-17-16-12(19-13)10-6-3-7-14-10/h8-10,14H,2-7H2,1H3,(H,15,17,18). The molecule has 0 radical (unpaired) electrons. The molecule has 1 saturated carbocycles. The fourth-order valence-corrected chi connectivity index (χ4v) is 3.05. The van der Waals surface area contributed by atoms with Gasteiger partial charge in [-0.2, -0.15) is 0 Å². The van der Waals surface area contributed by atoms with Gasteiger partial charge in [-0.1, -0.05) is 18.4 Å². The molecule has 1 aromatic heterocycles. The van der Waals surface area contributed by atoms with Crippen LogP contribution in [0, 0.1) is 11.8 Å². The lowest BCUT2D eigenvalue weighted by Crippen LogP contribution is -2.24. The Kier molecular flexibility index (Phi) is 3.50. The average molecular weight is 264 g/mol. The van der Waals surface area contributed by atoms with Crippen molar-refractivity contribution >= 4 is 11.9 Å². The highest BCUT2D eigenvalue weighted by atomic mass is 16.4. The predicted molar refractivity (Wildman–Crippen MR) is 69.4 cm³/mol. The molecule has 2 N–H and O–H groups in total. The molecule has 2 fully saturated rings. The van der Waals surface area contributed by atoms with Crippen LogP contribution in [0.2, 0.25) is 0 Å². The van der Waals surface area contributed by atoms with Gasteiger partial charge in [0.1, 0.15) is 0 Å². The number of amides is 1. The van der Waals surface area contributed by atoms with Crippen LogP contribution in [-0.2, 0) is 4.79 Å². The van der Waals surface area contributed by atoms with E-state index >= 15 is 0 Å². The van der Waals surface area contributed by atoms with E-state index in [2.05, 4.69) is 27.8 Å². The summed E-state index contributed by atoms with van der Waals surface area (Å²) in [6.07, 6.45) is 5.33. The van der Waals surface area contributed by atoms with Crippen molar-refractivity contribution in [1.29, 1.82) is 0 Å². The minimum atomic E-state index is 0.0135. The Labute approximate surface area is 112 Å². The summed E-state index contributed by atoms with van der Waals surface area (Å²) in [5.74, 6) is 1.12. The maximum atomic E-state index is 12.1. The van der Waals surface area contributed by atoms with Crippen LogP contribution in [0.3, 0.4) is 0 Å². The van der Waals surface area contributed by atoms with Gasteiger partial charge in [-0.3, -0.25) is 10.1 Å². The molecule has 3 unspecified atom stereocenters. The number of nitrogens with zero attached hydrogens (tertiary/aromatic N) is 2. The summed E-state index contributed by atoms with van der Waals surface area (Å²) < 4.78 is 5.52. The number of rotatable bonds is 3. The molecule has 3 atom stereocenters. The van der Waals surface area contributed by atoms with Crippen LogP contribution in [-0.4, -0.2) is 22.6 Å². The van der Waals surface area contributed by atoms with E-state index < -0.39 is 0 Å². The van der Waals surface area contributed by atoms with Crippen molar-refractivity contribution in [2.75, 3.05) is 11.9 Å². The van der Waals surface area contributed by atoms with Gasteiger partial charge in [-0.05, 0) is 38.1 Å². The van der Waals surface area contributed by atoms with Crippen LogP contribution in [0.4, 0.5) is 6.01 Å². The van der Waals surface area contributed by atoms with Crippen molar-refractivity contribution in [2.24, 2.45) is 11.8 Å². The van der Waals surface area contributed by atoms with E-state index in [1.165, 1.54) is 0 Å². The first-order valence-corrected chi connectivity index (χ1v) is 7.11. The topological polar surface area (TPSA) is 80.0 Å². The fraction of sp³-hybridized carbons (Fsp3) is 0.769. The molecule has 1 saturated heterocycles. The van der Waals surface area contributed by atoms with Crippen molar-refractivity contribution in [3.63, 3.8) is 0 Å². The summed E-state index contributed by atoms with van der Waals surface area (Å²) in [5.41, 5.74) is 0. The normalized spacial score (nSPS) is 30.7. The van der Waals surface area contributed by atoms with E-state index in [0.717, 1.165) is 38.6 Å². The third-order valence-electron chi connectivity index (χ3n) is 4.23. The monoisotopic (exact) mass is 264 g/mol. The van der Waals surface area contributed by atoms with Gasteiger partial charge in [-0.25, -0.2) is 0 Å². The molecular formula is C13H20N4O2. The zero-order valence-electron chi connectivity index (χ0n) is 11.2. The molecule has 19 heavy (non-hydrogen) atoms. The Hall–Kier alpha value is -1.43. The maximum Gasteiger partial charge on any atom is 0.322 e. The number of hydrogen-bond donors (Lipinski definition) is 2. The highest BCUT2D eigenvalue weighted by Gasteiger charge is 2.31. The highest BCUT2D eigenvalue weighted by molar-refractivity contribution is 5.90. The minimum absolute atomic E-state index is 0.0135. The summed E-state index contributed by atoms with van der Waals surface area (Å²) in [7, 11) is 0. The Morgan fingerprint density at radius 1 is 1.32 bits per heavy atom. The quantitative estimate of drug-likeness (QED) is 0.871. The molecule has 104 valence electrons.